The molecule has 0 unspecified atom stereocenters. The largest absolute Gasteiger partial charge is 0.455 e. The number of carbonyl (C=O) groups excluding carboxylic acids is 2. The van der Waals surface area contributed by atoms with Gasteiger partial charge in [-0.15, -0.1) is 11.8 Å². The van der Waals surface area contributed by atoms with Crippen molar-refractivity contribution in [1.82, 2.24) is 5.32 Å². The van der Waals surface area contributed by atoms with Crippen LogP contribution >= 0.6 is 11.8 Å². The Morgan fingerprint density at radius 1 is 1.18 bits per heavy atom. The highest BCUT2D eigenvalue weighted by molar-refractivity contribution is 8.00. The van der Waals surface area contributed by atoms with Gasteiger partial charge in [-0.2, -0.15) is 0 Å². The third-order valence-corrected chi connectivity index (χ3v) is 4.56. The van der Waals surface area contributed by atoms with Crippen molar-refractivity contribution in [3.05, 3.63) is 29.3 Å². The third kappa shape index (κ3) is 6.52. The summed E-state index contributed by atoms with van der Waals surface area (Å²) in [6.45, 7) is 9.85. The molecule has 1 aromatic carbocycles. The molecule has 5 heteroatoms. The molecule has 0 heterocycles. The summed E-state index contributed by atoms with van der Waals surface area (Å²) in [6.07, 6.45) is 0. The standard InChI is InChI=1S/C17H25NO3S/c1-11(2)14(5)18-16(19)9-21-17(20)10-22-15-7-6-12(3)13(4)8-15/h6-8,11,14H,9-10H2,1-5H3,(H,18,19)/t14-/m1/s1. The number of ether oxygens (including phenoxy) is 1. The van der Waals surface area contributed by atoms with Crippen LogP contribution in [0.3, 0.4) is 0 Å². The first-order chi connectivity index (χ1) is 10.3. The van der Waals surface area contributed by atoms with Gasteiger partial charge in [0.1, 0.15) is 0 Å². The minimum Gasteiger partial charge on any atom is -0.455 e. The fourth-order valence-electron chi connectivity index (χ4n) is 1.60. The molecule has 0 aliphatic heterocycles. The molecule has 0 aliphatic rings. The monoisotopic (exact) mass is 323 g/mol. The van der Waals surface area contributed by atoms with Crippen LogP contribution in [0.1, 0.15) is 31.9 Å². The molecule has 1 atom stereocenters. The predicted molar refractivity (Wildman–Crippen MR) is 90.0 cm³/mol. The smallest absolute Gasteiger partial charge is 0.316 e. The highest BCUT2D eigenvalue weighted by atomic mass is 32.2. The molecule has 0 radical (unpaired) electrons. The van der Waals surface area contributed by atoms with Crippen molar-refractivity contribution in [2.45, 2.75) is 45.6 Å². The molecule has 0 bridgehead atoms. The second kappa shape index (κ2) is 8.83. The van der Waals surface area contributed by atoms with E-state index in [4.69, 9.17) is 4.74 Å². The van der Waals surface area contributed by atoms with Gasteiger partial charge in [-0.3, -0.25) is 9.59 Å². The summed E-state index contributed by atoms with van der Waals surface area (Å²) in [5.41, 5.74) is 2.42. The average Bonchev–Trinajstić information content (AvgIpc) is 2.46. The molecule has 0 spiro atoms. The number of nitrogens with one attached hydrogen (secondary N) is 1. The van der Waals surface area contributed by atoms with Crippen LogP contribution in [0.2, 0.25) is 0 Å². The van der Waals surface area contributed by atoms with E-state index in [2.05, 4.69) is 12.2 Å². The molecule has 1 amide bonds. The fraction of sp³-hybridized carbons (Fsp3) is 0.529. The Hall–Kier alpha value is -1.49. The summed E-state index contributed by atoms with van der Waals surface area (Å²) in [6, 6.07) is 6.13. The van der Waals surface area contributed by atoms with Gasteiger partial charge in [0, 0.05) is 10.9 Å². The van der Waals surface area contributed by atoms with Gasteiger partial charge < -0.3 is 10.1 Å². The first-order valence-corrected chi connectivity index (χ1v) is 8.43. The number of carbonyl (C=O) groups is 2. The molecule has 1 N–H and O–H groups in total. The molecule has 0 aliphatic carbocycles. The topological polar surface area (TPSA) is 55.4 Å². The Labute approximate surface area is 137 Å². The summed E-state index contributed by atoms with van der Waals surface area (Å²) in [5, 5.41) is 2.80. The van der Waals surface area contributed by atoms with E-state index in [1.165, 1.54) is 22.9 Å². The Bertz CT molecular complexity index is 529. The highest BCUT2D eigenvalue weighted by Crippen LogP contribution is 2.21. The lowest BCUT2D eigenvalue weighted by Crippen LogP contribution is -2.38. The number of aryl methyl sites for hydroxylation is 2. The maximum atomic E-state index is 11.7. The molecule has 0 fully saturated rings. The van der Waals surface area contributed by atoms with Gasteiger partial charge in [0.15, 0.2) is 6.61 Å². The summed E-state index contributed by atoms with van der Waals surface area (Å²) < 4.78 is 4.99. The second-order valence-electron chi connectivity index (χ2n) is 5.80. The van der Waals surface area contributed by atoms with Gasteiger partial charge >= 0.3 is 5.97 Å². The van der Waals surface area contributed by atoms with Gasteiger partial charge in [-0.05, 0) is 49.9 Å². The van der Waals surface area contributed by atoms with Crippen LogP contribution in [0, 0.1) is 19.8 Å². The lowest BCUT2D eigenvalue weighted by atomic mass is 10.1. The van der Waals surface area contributed by atoms with Gasteiger partial charge in [0.2, 0.25) is 0 Å². The van der Waals surface area contributed by atoms with Crippen LogP contribution in [0.5, 0.6) is 0 Å². The van der Waals surface area contributed by atoms with Crippen molar-refractivity contribution in [2.24, 2.45) is 5.92 Å². The van der Waals surface area contributed by atoms with Crippen LogP contribution in [-0.2, 0) is 14.3 Å². The van der Waals surface area contributed by atoms with Crippen LogP contribution < -0.4 is 5.32 Å². The summed E-state index contributed by atoms with van der Waals surface area (Å²) in [7, 11) is 0. The van der Waals surface area contributed by atoms with E-state index in [1.54, 1.807) is 0 Å². The normalized spacial score (nSPS) is 12.1. The summed E-state index contributed by atoms with van der Waals surface area (Å²) in [5.74, 6) is -0.0866. The molecule has 4 nitrogen and oxygen atoms in total. The number of rotatable bonds is 7. The molecule has 0 aromatic heterocycles. The van der Waals surface area contributed by atoms with Gasteiger partial charge in [0.05, 0.1) is 5.75 Å². The average molecular weight is 323 g/mol. The van der Waals surface area contributed by atoms with Gasteiger partial charge in [-0.1, -0.05) is 19.9 Å². The number of thioether (sulfide) groups is 1. The first kappa shape index (κ1) is 18.6. The fourth-order valence-corrected chi connectivity index (χ4v) is 2.39. The second-order valence-corrected chi connectivity index (χ2v) is 6.84. The Morgan fingerprint density at radius 2 is 1.86 bits per heavy atom. The van der Waals surface area contributed by atoms with E-state index in [0.29, 0.717) is 5.92 Å². The van der Waals surface area contributed by atoms with Crippen LogP contribution in [0.25, 0.3) is 0 Å². The molecular formula is C17H25NO3S. The summed E-state index contributed by atoms with van der Waals surface area (Å²) >= 11 is 1.42. The van der Waals surface area contributed by atoms with Crippen LogP contribution in [0.15, 0.2) is 23.1 Å². The molecule has 1 aromatic rings. The Morgan fingerprint density at radius 3 is 2.45 bits per heavy atom. The van der Waals surface area contributed by atoms with Crippen molar-refractivity contribution in [1.29, 1.82) is 0 Å². The van der Waals surface area contributed by atoms with Gasteiger partial charge in [0.25, 0.3) is 5.91 Å². The van der Waals surface area contributed by atoms with Crippen LogP contribution in [0.4, 0.5) is 0 Å². The molecule has 0 saturated carbocycles. The highest BCUT2D eigenvalue weighted by Gasteiger charge is 2.13. The van der Waals surface area contributed by atoms with Crippen molar-refractivity contribution in [3.63, 3.8) is 0 Å². The zero-order valence-electron chi connectivity index (χ0n) is 13.9. The van der Waals surface area contributed by atoms with Crippen LogP contribution in [-0.4, -0.2) is 30.3 Å². The van der Waals surface area contributed by atoms with E-state index < -0.39 is 0 Å². The molecular weight excluding hydrogens is 298 g/mol. The lowest BCUT2D eigenvalue weighted by molar-refractivity contribution is -0.146. The van der Waals surface area contributed by atoms with E-state index in [0.717, 1.165) is 4.90 Å². The number of benzene rings is 1. The minimum absolute atomic E-state index is 0.0658. The van der Waals surface area contributed by atoms with Gasteiger partial charge in [-0.25, -0.2) is 0 Å². The lowest BCUT2D eigenvalue weighted by Gasteiger charge is -2.17. The summed E-state index contributed by atoms with van der Waals surface area (Å²) in [4.78, 5) is 24.3. The predicted octanol–water partition coefficient (Wildman–Crippen LogP) is 3.10. The number of amides is 1. The maximum absolute atomic E-state index is 11.7. The van der Waals surface area contributed by atoms with Crippen molar-refractivity contribution < 1.29 is 14.3 Å². The van der Waals surface area contributed by atoms with E-state index in [9.17, 15) is 9.59 Å². The Balaban J connectivity index is 2.31. The van der Waals surface area contributed by atoms with E-state index >= 15 is 0 Å². The first-order valence-electron chi connectivity index (χ1n) is 7.44. The number of esters is 1. The number of hydrogen-bond donors (Lipinski definition) is 1. The van der Waals surface area contributed by atoms with Crippen molar-refractivity contribution in [2.75, 3.05) is 12.4 Å². The minimum atomic E-state index is -0.379. The molecule has 122 valence electrons. The van der Waals surface area contributed by atoms with Crippen molar-refractivity contribution >= 4 is 23.6 Å². The maximum Gasteiger partial charge on any atom is 0.316 e. The van der Waals surface area contributed by atoms with E-state index in [-0.39, 0.29) is 30.3 Å². The molecule has 22 heavy (non-hydrogen) atoms. The molecule has 1 rings (SSSR count). The Kier molecular flexibility index (Phi) is 7.45. The van der Waals surface area contributed by atoms with E-state index in [1.807, 2.05) is 45.9 Å². The number of hydrogen-bond acceptors (Lipinski definition) is 4. The van der Waals surface area contributed by atoms with Crippen molar-refractivity contribution in [3.8, 4) is 0 Å². The zero-order valence-corrected chi connectivity index (χ0v) is 14.8. The molecule has 0 saturated heterocycles. The SMILES string of the molecule is Cc1ccc(SCC(=O)OCC(=O)N[C@H](C)C(C)C)cc1C. The zero-order chi connectivity index (χ0) is 16.7. The quantitative estimate of drug-likeness (QED) is 0.619. The third-order valence-electron chi connectivity index (χ3n) is 3.59.